The van der Waals surface area contributed by atoms with Crippen LogP contribution in [0.3, 0.4) is 0 Å². The Morgan fingerprint density at radius 2 is 1.96 bits per heavy atom. The lowest BCUT2D eigenvalue weighted by molar-refractivity contribution is -0.118. The molecule has 0 spiro atoms. The van der Waals surface area contributed by atoms with Gasteiger partial charge in [-0.2, -0.15) is 0 Å². The molecule has 4 heteroatoms. The highest BCUT2D eigenvalue weighted by Gasteiger charge is 2.32. The van der Waals surface area contributed by atoms with Crippen molar-refractivity contribution in [2.75, 3.05) is 11.9 Å². The molecule has 1 aliphatic heterocycles. The highest BCUT2D eigenvalue weighted by Crippen LogP contribution is 2.41. The van der Waals surface area contributed by atoms with Crippen LogP contribution in [0.1, 0.15) is 51.2 Å². The predicted octanol–water partition coefficient (Wildman–Crippen LogP) is 4.93. The minimum absolute atomic E-state index is 0.0483. The molecule has 138 valence electrons. The average Bonchev–Trinajstić information content (AvgIpc) is 2.94. The van der Waals surface area contributed by atoms with Gasteiger partial charge in [-0.25, -0.2) is 0 Å². The molecule has 0 aliphatic carbocycles. The number of fused-ring (bicyclic) bond motifs is 1. The van der Waals surface area contributed by atoms with Crippen LogP contribution in [0.15, 0.2) is 42.5 Å². The summed E-state index contributed by atoms with van der Waals surface area (Å²) in [6.45, 7) is 8.42. The van der Waals surface area contributed by atoms with Crippen LogP contribution >= 0.6 is 0 Å². The minimum Gasteiger partial charge on any atom is -0.483 e. The van der Waals surface area contributed by atoms with Crippen molar-refractivity contribution in [1.82, 2.24) is 0 Å². The van der Waals surface area contributed by atoms with Gasteiger partial charge in [-0.3, -0.25) is 4.79 Å². The summed E-state index contributed by atoms with van der Waals surface area (Å²) in [5.41, 5.74) is 2.94. The van der Waals surface area contributed by atoms with Gasteiger partial charge in [0.25, 0.3) is 5.91 Å². The number of ether oxygens (including phenoxy) is 2. The fourth-order valence-corrected chi connectivity index (χ4v) is 3.17. The molecule has 4 nitrogen and oxygen atoms in total. The predicted molar refractivity (Wildman–Crippen MR) is 104 cm³/mol. The van der Waals surface area contributed by atoms with E-state index >= 15 is 0 Å². The Labute approximate surface area is 155 Å². The van der Waals surface area contributed by atoms with Crippen molar-refractivity contribution in [1.29, 1.82) is 0 Å². The van der Waals surface area contributed by atoms with Gasteiger partial charge in [-0.1, -0.05) is 38.1 Å². The second-order valence-electron chi connectivity index (χ2n) is 7.55. The van der Waals surface area contributed by atoms with Crippen LogP contribution in [0.4, 0.5) is 5.69 Å². The number of rotatable bonds is 6. The first-order valence-electron chi connectivity index (χ1n) is 9.21. The normalized spacial score (nSPS) is 15.7. The van der Waals surface area contributed by atoms with Gasteiger partial charge in [-0.15, -0.1) is 0 Å². The molecular formula is C22H27NO3. The molecule has 2 aromatic carbocycles. The maximum atomic E-state index is 12.2. The molecule has 0 unspecified atom stereocenters. The van der Waals surface area contributed by atoms with Crippen LogP contribution in [-0.2, 0) is 11.2 Å². The van der Waals surface area contributed by atoms with E-state index in [-0.39, 0.29) is 18.1 Å². The van der Waals surface area contributed by atoms with E-state index in [9.17, 15) is 4.79 Å². The molecule has 1 aliphatic rings. The third-order valence-electron chi connectivity index (χ3n) is 4.79. The number of carbonyl (C=O) groups is 1. The highest BCUT2D eigenvalue weighted by atomic mass is 16.5. The lowest BCUT2D eigenvalue weighted by Gasteiger charge is -2.18. The fourth-order valence-electron chi connectivity index (χ4n) is 3.17. The van der Waals surface area contributed by atoms with E-state index in [4.69, 9.17) is 9.47 Å². The van der Waals surface area contributed by atoms with Crippen molar-refractivity contribution < 1.29 is 14.3 Å². The summed E-state index contributed by atoms with van der Waals surface area (Å²) in [5, 5.41) is 2.88. The molecule has 1 amide bonds. The van der Waals surface area contributed by atoms with Gasteiger partial charge in [0.15, 0.2) is 18.1 Å². The lowest BCUT2D eigenvalue weighted by Crippen LogP contribution is -2.25. The number of nitrogens with one attached hydrogen (secondary N) is 1. The summed E-state index contributed by atoms with van der Waals surface area (Å²) in [5.74, 6) is 1.71. The van der Waals surface area contributed by atoms with Crippen molar-refractivity contribution >= 4 is 11.6 Å². The molecule has 0 radical (unpaired) electrons. The van der Waals surface area contributed by atoms with Crippen LogP contribution < -0.4 is 14.8 Å². The summed E-state index contributed by atoms with van der Waals surface area (Å²) in [6, 6.07) is 13.8. The smallest absolute Gasteiger partial charge is 0.262 e. The quantitative estimate of drug-likeness (QED) is 0.801. The Morgan fingerprint density at radius 3 is 2.65 bits per heavy atom. The van der Waals surface area contributed by atoms with E-state index in [0.717, 1.165) is 29.8 Å². The number of carbonyl (C=O) groups excluding carboxylic acids is 1. The van der Waals surface area contributed by atoms with Gasteiger partial charge in [0, 0.05) is 17.7 Å². The van der Waals surface area contributed by atoms with Gasteiger partial charge >= 0.3 is 0 Å². The molecule has 1 heterocycles. The molecule has 0 aromatic heterocycles. The number of hydrogen-bond acceptors (Lipinski definition) is 3. The lowest BCUT2D eigenvalue weighted by atomic mass is 9.99. The largest absolute Gasteiger partial charge is 0.483 e. The second kappa shape index (κ2) is 7.40. The first-order chi connectivity index (χ1) is 12.4. The van der Waals surface area contributed by atoms with E-state index in [1.165, 1.54) is 5.56 Å². The summed E-state index contributed by atoms with van der Waals surface area (Å²) in [6.07, 6.45) is 1.94. The van der Waals surface area contributed by atoms with Crippen molar-refractivity contribution in [3.63, 3.8) is 0 Å². The molecule has 0 fully saturated rings. The molecule has 0 saturated carbocycles. The van der Waals surface area contributed by atoms with Gasteiger partial charge in [-0.05, 0) is 49.9 Å². The Balaban J connectivity index is 1.58. The average molecular weight is 353 g/mol. The topological polar surface area (TPSA) is 47.6 Å². The Hall–Kier alpha value is -2.49. The zero-order chi connectivity index (χ0) is 18.7. The minimum atomic E-state index is -0.235. The molecule has 1 atom stereocenters. The van der Waals surface area contributed by atoms with Crippen molar-refractivity contribution in [3.8, 4) is 11.5 Å². The molecule has 2 aromatic rings. The molecule has 0 bridgehead atoms. The van der Waals surface area contributed by atoms with E-state index in [1.807, 2.05) is 44.2 Å². The van der Waals surface area contributed by atoms with E-state index in [1.54, 1.807) is 0 Å². The van der Waals surface area contributed by atoms with Crippen LogP contribution in [0.25, 0.3) is 0 Å². The molecule has 1 N–H and O–H groups in total. The maximum absolute atomic E-state index is 12.2. The van der Waals surface area contributed by atoms with Gasteiger partial charge in [0.2, 0.25) is 0 Å². The molecule has 0 saturated heterocycles. The number of hydrogen-bond donors (Lipinski definition) is 1. The Kier molecular flexibility index (Phi) is 5.21. The number of benzene rings is 2. The van der Waals surface area contributed by atoms with Crippen LogP contribution in [0.2, 0.25) is 0 Å². The zero-order valence-corrected chi connectivity index (χ0v) is 16.0. The molecular weight excluding hydrogens is 326 g/mol. The van der Waals surface area contributed by atoms with Gasteiger partial charge in [0.05, 0.1) is 0 Å². The highest BCUT2D eigenvalue weighted by molar-refractivity contribution is 5.91. The third kappa shape index (κ3) is 4.18. The molecule has 26 heavy (non-hydrogen) atoms. The van der Waals surface area contributed by atoms with E-state index in [0.29, 0.717) is 11.7 Å². The van der Waals surface area contributed by atoms with Gasteiger partial charge < -0.3 is 14.8 Å². The first-order valence-corrected chi connectivity index (χ1v) is 9.21. The zero-order valence-electron chi connectivity index (χ0n) is 16.0. The van der Waals surface area contributed by atoms with Crippen LogP contribution in [0, 0.1) is 0 Å². The number of anilines is 1. The van der Waals surface area contributed by atoms with E-state index in [2.05, 4.69) is 31.3 Å². The molecule has 3 rings (SSSR count). The summed E-state index contributed by atoms with van der Waals surface area (Å²) >= 11 is 0. The fraction of sp³-hybridized carbons (Fsp3) is 0.409. The monoisotopic (exact) mass is 353 g/mol. The van der Waals surface area contributed by atoms with Gasteiger partial charge in [0.1, 0.15) is 5.60 Å². The summed E-state index contributed by atoms with van der Waals surface area (Å²) < 4.78 is 11.7. The standard InChI is InChI=1S/C22H27NO3/c1-5-15(2)16-9-11-18(12-10-16)23-20(24)14-25-19-8-6-7-17-13-22(3,4)26-21(17)19/h6-12,15H,5,13-14H2,1-4H3,(H,23,24)/t15-/m1/s1. The number of amides is 1. The van der Waals surface area contributed by atoms with E-state index < -0.39 is 0 Å². The first kappa shape index (κ1) is 18.3. The SMILES string of the molecule is CC[C@@H](C)c1ccc(NC(=O)COc2cccc3c2OC(C)(C)C3)cc1. The summed E-state index contributed by atoms with van der Waals surface area (Å²) in [4.78, 5) is 12.2. The third-order valence-corrected chi connectivity index (χ3v) is 4.79. The van der Waals surface area contributed by atoms with Crippen molar-refractivity contribution in [2.45, 2.75) is 52.1 Å². The Bertz CT molecular complexity index is 780. The van der Waals surface area contributed by atoms with Crippen molar-refractivity contribution in [3.05, 3.63) is 53.6 Å². The van der Waals surface area contributed by atoms with Crippen LogP contribution in [-0.4, -0.2) is 18.1 Å². The van der Waals surface area contributed by atoms with Crippen molar-refractivity contribution in [2.24, 2.45) is 0 Å². The Morgan fingerprint density at radius 1 is 1.23 bits per heavy atom. The summed E-state index contributed by atoms with van der Waals surface area (Å²) in [7, 11) is 0. The van der Waals surface area contributed by atoms with Crippen LogP contribution in [0.5, 0.6) is 11.5 Å². The number of para-hydroxylation sites is 1. The second-order valence-corrected chi connectivity index (χ2v) is 7.55. The maximum Gasteiger partial charge on any atom is 0.262 e.